The molecule has 2 fully saturated rings. The van der Waals surface area contributed by atoms with Crippen LogP contribution in [0.2, 0.25) is 0 Å². The van der Waals surface area contributed by atoms with Crippen molar-refractivity contribution in [2.24, 2.45) is 11.3 Å². The minimum Gasteiger partial charge on any atom is -0.477 e. The van der Waals surface area contributed by atoms with E-state index in [0.29, 0.717) is 38.2 Å². The monoisotopic (exact) mass is 324 g/mol. The van der Waals surface area contributed by atoms with Crippen molar-refractivity contribution in [3.63, 3.8) is 0 Å². The number of carbonyl (C=O) groups is 1. The Balaban J connectivity index is 1.48. The molecule has 2 saturated heterocycles. The average molecular weight is 324 g/mol. The number of pyridine rings is 1. The van der Waals surface area contributed by atoms with Gasteiger partial charge in [-0.1, -0.05) is 24.3 Å². The van der Waals surface area contributed by atoms with Crippen LogP contribution in [0, 0.1) is 11.3 Å². The summed E-state index contributed by atoms with van der Waals surface area (Å²) in [6, 6.07) is 15.1. The molecule has 2 atom stereocenters. The van der Waals surface area contributed by atoms with Crippen molar-refractivity contribution in [3.8, 4) is 5.88 Å². The van der Waals surface area contributed by atoms with Gasteiger partial charge in [0.25, 0.3) is 5.91 Å². The van der Waals surface area contributed by atoms with E-state index in [2.05, 4.69) is 4.98 Å². The summed E-state index contributed by atoms with van der Waals surface area (Å²) in [6.07, 6.45) is 1.72. The summed E-state index contributed by atoms with van der Waals surface area (Å²) in [5.74, 6) is 1.02. The first-order chi connectivity index (χ1) is 11.8. The highest BCUT2D eigenvalue weighted by Crippen LogP contribution is 2.42. The number of fused-ring (bicyclic) bond motifs is 1. The van der Waals surface area contributed by atoms with Crippen LogP contribution >= 0.6 is 0 Å². The lowest BCUT2D eigenvalue weighted by Crippen LogP contribution is -2.38. The number of ether oxygens (including phenoxy) is 2. The second-order valence-corrected chi connectivity index (χ2v) is 6.58. The number of benzene rings is 1. The number of amides is 1. The third-order valence-electron chi connectivity index (χ3n) is 4.97. The molecule has 2 aliphatic rings. The van der Waals surface area contributed by atoms with Gasteiger partial charge in [-0.2, -0.15) is 0 Å². The maximum absolute atomic E-state index is 12.7. The van der Waals surface area contributed by atoms with Gasteiger partial charge >= 0.3 is 0 Å². The Bertz CT molecular complexity index is 707. The molecule has 4 rings (SSSR count). The van der Waals surface area contributed by atoms with Gasteiger partial charge in [0.1, 0.15) is 0 Å². The second-order valence-electron chi connectivity index (χ2n) is 6.58. The third kappa shape index (κ3) is 2.76. The van der Waals surface area contributed by atoms with Crippen LogP contribution in [0.1, 0.15) is 10.4 Å². The molecule has 0 unspecified atom stereocenters. The van der Waals surface area contributed by atoms with Crippen LogP contribution in [0.5, 0.6) is 5.88 Å². The normalized spacial score (nSPS) is 25.5. The molecule has 3 heterocycles. The van der Waals surface area contributed by atoms with E-state index < -0.39 is 0 Å². The zero-order valence-electron chi connectivity index (χ0n) is 13.4. The van der Waals surface area contributed by atoms with E-state index in [4.69, 9.17) is 9.47 Å². The van der Waals surface area contributed by atoms with E-state index in [1.165, 1.54) is 0 Å². The van der Waals surface area contributed by atoms with Gasteiger partial charge in [0.2, 0.25) is 5.88 Å². The SMILES string of the molecule is O=C(c1ccccc1)N1C[C@@H]2COC[C@]2(COc2ccccn2)C1. The fraction of sp³-hybridized carbons (Fsp3) is 0.368. The molecular weight excluding hydrogens is 304 g/mol. The number of rotatable bonds is 4. The number of carbonyl (C=O) groups excluding carboxylic acids is 1. The zero-order valence-corrected chi connectivity index (χ0v) is 13.4. The van der Waals surface area contributed by atoms with Crippen molar-refractivity contribution in [2.45, 2.75) is 0 Å². The maximum Gasteiger partial charge on any atom is 0.253 e. The van der Waals surface area contributed by atoms with E-state index in [1.54, 1.807) is 6.20 Å². The van der Waals surface area contributed by atoms with Gasteiger partial charge in [0.15, 0.2) is 0 Å². The van der Waals surface area contributed by atoms with E-state index in [0.717, 1.165) is 12.1 Å². The topological polar surface area (TPSA) is 51.7 Å². The van der Waals surface area contributed by atoms with Crippen molar-refractivity contribution in [1.29, 1.82) is 0 Å². The lowest BCUT2D eigenvalue weighted by Gasteiger charge is -2.26. The maximum atomic E-state index is 12.7. The average Bonchev–Trinajstić information content (AvgIpc) is 3.18. The van der Waals surface area contributed by atoms with E-state index >= 15 is 0 Å². The van der Waals surface area contributed by atoms with Crippen molar-refractivity contribution >= 4 is 5.91 Å². The molecule has 2 aromatic rings. The standard InChI is InChI=1S/C19H20N2O3/c22-18(15-6-2-1-3-7-15)21-10-16-11-23-13-19(16,12-21)14-24-17-8-4-5-9-20-17/h1-9,16H,10-14H2/t16-,19+/m1/s1. The first-order valence-electron chi connectivity index (χ1n) is 8.23. The molecule has 2 aliphatic heterocycles. The van der Waals surface area contributed by atoms with Gasteiger partial charge in [0.05, 0.1) is 25.2 Å². The Kier molecular flexibility index (Phi) is 3.94. The minimum absolute atomic E-state index is 0.0854. The van der Waals surface area contributed by atoms with Crippen LogP contribution in [0.15, 0.2) is 54.7 Å². The van der Waals surface area contributed by atoms with Gasteiger partial charge in [0, 0.05) is 36.8 Å². The van der Waals surface area contributed by atoms with Crippen molar-refractivity contribution < 1.29 is 14.3 Å². The fourth-order valence-electron chi connectivity index (χ4n) is 3.60. The predicted octanol–water partition coefficient (Wildman–Crippen LogP) is 2.25. The van der Waals surface area contributed by atoms with Crippen LogP contribution in [0.25, 0.3) is 0 Å². The summed E-state index contributed by atoms with van der Waals surface area (Å²) in [6.45, 7) is 3.22. The molecule has 5 heteroatoms. The Labute approximate surface area is 141 Å². The molecule has 0 spiro atoms. The van der Waals surface area contributed by atoms with E-state index in [1.807, 2.05) is 53.4 Å². The van der Waals surface area contributed by atoms with Gasteiger partial charge in [-0.15, -0.1) is 0 Å². The van der Waals surface area contributed by atoms with Crippen molar-refractivity contribution in [3.05, 3.63) is 60.3 Å². The van der Waals surface area contributed by atoms with Crippen molar-refractivity contribution in [2.75, 3.05) is 32.9 Å². The quantitative estimate of drug-likeness (QED) is 0.865. The van der Waals surface area contributed by atoms with Gasteiger partial charge in [-0.25, -0.2) is 4.98 Å². The number of nitrogens with zero attached hydrogens (tertiary/aromatic N) is 2. The van der Waals surface area contributed by atoms with Gasteiger partial charge in [-0.3, -0.25) is 4.79 Å². The van der Waals surface area contributed by atoms with Gasteiger partial charge < -0.3 is 14.4 Å². The Hall–Kier alpha value is -2.40. The Morgan fingerprint density at radius 3 is 2.88 bits per heavy atom. The predicted molar refractivity (Wildman–Crippen MR) is 88.8 cm³/mol. The molecule has 0 aliphatic carbocycles. The van der Waals surface area contributed by atoms with E-state index in [9.17, 15) is 4.79 Å². The molecule has 124 valence electrons. The summed E-state index contributed by atoms with van der Waals surface area (Å²) < 4.78 is 11.6. The molecule has 24 heavy (non-hydrogen) atoms. The molecule has 0 saturated carbocycles. The summed E-state index contributed by atoms with van der Waals surface area (Å²) in [7, 11) is 0. The molecule has 1 amide bonds. The second kappa shape index (κ2) is 6.24. The zero-order chi connectivity index (χ0) is 16.4. The largest absolute Gasteiger partial charge is 0.477 e. The van der Waals surface area contributed by atoms with Crippen molar-refractivity contribution in [1.82, 2.24) is 9.88 Å². The fourth-order valence-corrected chi connectivity index (χ4v) is 3.60. The first kappa shape index (κ1) is 15.1. The van der Waals surface area contributed by atoms with E-state index in [-0.39, 0.29) is 11.3 Å². The molecule has 1 aromatic heterocycles. The number of likely N-dealkylation sites (tertiary alicyclic amines) is 1. The molecule has 0 bridgehead atoms. The minimum atomic E-state index is -0.137. The molecule has 0 radical (unpaired) electrons. The van der Waals surface area contributed by atoms with Crippen LogP contribution in [0.3, 0.4) is 0 Å². The molecule has 5 nitrogen and oxygen atoms in total. The third-order valence-corrected chi connectivity index (χ3v) is 4.97. The lowest BCUT2D eigenvalue weighted by molar-refractivity contribution is 0.0655. The highest BCUT2D eigenvalue weighted by molar-refractivity contribution is 5.94. The molecular formula is C19H20N2O3. The van der Waals surface area contributed by atoms with Crippen LogP contribution in [-0.2, 0) is 4.74 Å². The molecule has 0 N–H and O–H groups in total. The van der Waals surface area contributed by atoms with Gasteiger partial charge in [-0.05, 0) is 18.2 Å². The highest BCUT2D eigenvalue weighted by atomic mass is 16.5. The summed E-state index contributed by atoms with van der Waals surface area (Å²) >= 11 is 0. The Morgan fingerprint density at radius 1 is 1.25 bits per heavy atom. The van der Waals surface area contributed by atoms with Crippen LogP contribution in [0.4, 0.5) is 0 Å². The first-order valence-corrected chi connectivity index (χ1v) is 8.23. The summed E-state index contributed by atoms with van der Waals surface area (Å²) in [4.78, 5) is 18.9. The van der Waals surface area contributed by atoms with Crippen LogP contribution < -0.4 is 4.74 Å². The summed E-state index contributed by atoms with van der Waals surface area (Å²) in [5, 5.41) is 0. The number of hydrogen-bond acceptors (Lipinski definition) is 4. The highest BCUT2D eigenvalue weighted by Gasteiger charge is 2.52. The smallest absolute Gasteiger partial charge is 0.253 e. The number of hydrogen-bond donors (Lipinski definition) is 0. The molecule has 1 aromatic carbocycles. The van der Waals surface area contributed by atoms with Crippen LogP contribution in [-0.4, -0.2) is 48.7 Å². The number of aromatic nitrogens is 1. The Morgan fingerprint density at radius 2 is 2.08 bits per heavy atom. The lowest BCUT2D eigenvalue weighted by atomic mass is 9.82. The summed E-state index contributed by atoms with van der Waals surface area (Å²) in [5.41, 5.74) is 0.598.